The van der Waals surface area contributed by atoms with Crippen LogP contribution in [0, 0.1) is 0 Å². The van der Waals surface area contributed by atoms with Gasteiger partial charge in [0.05, 0.1) is 13.7 Å². The van der Waals surface area contributed by atoms with E-state index in [9.17, 15) is 9.59 Å². The number of nitrogens with one attached hydrogen (secondary N) is 1. The molecular formula is C20H30N4O4. The first kappa shape index (κ1) is 20.3. The van der Waals surface area contributed by atoms with Crippen molar-refractivity contribution in [2.45, 2.75) is 31.8 Å². The Labute approximate surface area is 166 Å². The fourth-order valence-corrected chi connectivity index (χ4v) is 3.92. The van der Waals surface area contributed by atoms with E-state index in [1.807, 2.05) is 34.9 Å². The molecule has 3 rings (SSSR count). The molecule has 1 saturated carbocycles. The van der Waals surface area contributed by atoms with E-state index < -0.39 is 5.97 Å². The van der Waals surface area contributed by atoms with Crippen LogP contribution in [0.25, 0.3) is 0 Å². The predicted octanol–water partition coefficient (Wildman–Crippen LogP) is 1.46. The van der Waals surface area contributed by atoms with Gasteiger partial charge in [0.25, 0.3) is 0 Å². The molecule has 2 amide bonds. The monoisotopic (exact) mass is 390 g/mol. The highest BCUT2D eigenvalue weighted by Crippen LogP contribution is 2.26. The number of carbonyl (C=O) groups is 2. The highest BCUT2D eigenvalue weighted by Gasteiger charge is 2.35. The molecular weight excluding hydrogens is 360 g/mol. The lowest BCUT2D eigenvalue weighted by Gasteiger charge is -2.43. The van der Waals surface area contributed by atoms with Crippen molar-refractivity contribution in [1.82, 2.24) is 15.1 Å². The molecule has 0 bridgehead atoms. The standard InChI is InChI=1S/C20H30N4O4/c1-3-22(14-19(25)26)17-11-15(12-17)21-20(27)24-9-7-23(8-10-24)16-5-4-6-18(13-16)28-2/h4-6,13,15,17H,3,7-12,14H2,1-2H3,(H,21,27)(H,25,26). The van der Waals surface area contributed by atoms with Crippen molar-refractivity contribution < 1.29 is 19.4 Å². The van der Waals surface area contributed by atoms with Gasteiger partial charge in [-0.2, -0.15) is 0 Å². The fourth-order valence-electron chi connectivity index (χ4n) is 3.92. The minimum absolute atomic E-state index is 0.0185. The summed E-state index contributed by atoms with van der Waals surface area (Å²) in [5, 5.41) is 12.1. The van der Waals surface area contributed by atoms with Crippen molar-refractivity contribution in [3.05, 3.63) is 24.3 Å². The van der Waals surface area contributed by atoms with Gasteiger partial charge in [0.2, 0.25) is 0 Å². The van der Waals surface area contributed by atoms with Crippen LogP contribution >= 0.6 is 0 Å². The van der Waals surface area contributed by atoms with E-state index >= 15 is 0 Å². The first-order valence-electron chi connectivity index (χ1n) is 9.90. The Kier molecular flexibility index (Phi) is 6.61. The Morgan fingerprint density at radius 1 is 1.25 bits per heavy atom. The molecule has 1 aromatic rings. The van der Waals surface area contributed by atoms with Crippen LogP contribution in [0.3, 0.4) is 0 Å². The number of rotatable bonds is 7. The zero-order valence-corrected chi connectivity index (χ0v) is 16.6. The summed E-state index contributed by atoms with van der Waals surface area (Å²) in [4.78, 5) is 29.5. The third-order valence-electron chi connectivity index (χ3n) is 5.69. The number of carboxylic acid groups (broad SMARTS) is 1. The zero-order valence-electron chi connectivity index (χ0n) is 16.6. The lowest BCUT2D eigenvalue weighted by atomic mass is 9.85. The molecule has 0 spiro atoms. The Balaban J connectivity index is 1.42. The molecule has 1 aromatic carbocycles. The van der Waals surface area contributed by atoms with Crippen LogP contribution < -0.4 is 15.0 Å². The Morgan fingerprint density at radius 2 is 1.96 bits per heavy atom. The third kappa shape index (κ3) is 4.86. The number of methoxy groups -OCH3 is 1. The van der Waals surface area contributed by atoms with Crippen LogP contribution in [-0.2, 0) is 4.79 Å². The number of hydrogen-bond acceptors (Lipinski definition) is 5. The summed E-state index contributed by atoms with van der Waals surface area (Å²) < 4.78 is 5.29. The number of aliphatic carboxylic acids is 1. The lowest BCUT2D eigenvalue weighted by Crippen LogP contribution is -2.59. The molecule has 0 atom stereocenters. The van der Waals surface area contributed by atoms with Crippen molar-refractivity contribution in [1.29, 1.82) is 0 Å². The van der Waals surface area contributed by atoms with E-state index in [1.165, 1.54) is 0 Å². The summed E-state index contributed by atoms with van der Waals surface area (Å²) in [5.41, 5.74) is 1.11. The van der Waals surface area contributed by atoms with Gasteiger partial charge in [-0.1, -0.05) is 13.0 Å². The molecule has 28 heavy (non-hydrogen) atoms. The summed E-state index contributed by atoms with van der Waals surface area (Å²) in [6.45, 7) is 5.68. The topological polar surface area (TPSA) is 85.4 Å². The molecule has 0 aromatic heterocycles. The highest BCUT2D eigenvalue weighted by molar-refractivity contribution is 5.75. The van der Waals surface area contributed by atoms with E-state index in [-0.39, 0.29) is 24.7 Å². The average molecular weight is 390 g/mol. The Bertz CT molecular complexity index is 685. The van der Waals surface area contributed by atoms with Crippen LogP contribution in [0.4, 0.5) is 10.5 Å². The van der Waals surface area contributed by atoms with Crippen molar-refractivity contribution >= 4 is 17.7 Å². The normalized spacial score (nSPS) is 22.0. The number of hydrogen-bond donors (Lipinski definition) is 2. The second kappa shape index (κ2) is 9.14. The number of urea groups is 1. The van der Waals surface area contributed by atoms with Gasteiger partial charge >= 0.3 is 12.0 Å². The molecule has 1 aliphatic heterocycles. The molecule has 0 unspecified atom stereocenters. The summed E-state index contributed by atoms with van der Waals surface area (Å²) in [5.74, 6) is 0.0319. The summed E-state index contributed by atoms with van der Waals surface area (Å²) in [6.07, 6.45) is 1.63. The maximum Gasteiger partial charge on any atom is 0.317 e. The third-order valence-corrected chi connectivity index (χ3v) is 5.69. The van der Waals surface area contributed by atoms with E-state index in [1.54, 1.807) is 7.11 Å². The van der Waals surface area contributed by atoms with Gasteiger partial charge < -0.3 is 25.0 Å². The molecule has 8 heteroatoms. The Morgan fingerprint density at radius 3 is 2.57 bits per heavy atom. The van der Waals surface area contributed by atoms with Gasteiger partial charge in [-0.25, -0.2) is 4.79 Å². The molecule has 8 nitrogen and oxygen atoms in total. The number of anilines is 1. The maximum absolute atomic E-state index is 12.5. The van der Waals surface area contributed by atoms with E-state index in [0.29, 0.717) is 19.6 Å². The molecule has 0 radical (unpaired) electrons. The SMILES string of the molecule is CCN(CC(=O)O)C1CC(NC(=O)N2CCN(c3cccc(OC)c3)CC2)C1. The summed E-state index contributed by atoms with van der Waals surface area (Å²) >= 11 is 0. The number of ether oxygens (including phenoxy) is 1. The van der Waals surface area contributed by atoms with Crippen molar-refractivity contribution in [3.63, 3.8) is 0 Å². The number of carboxylic acids is 1. The van der Waals surface area contributed by atoms with Gasteiger partial charge in [-0.05, 0) is 31.5 Å². The number of piperazine rings is 1. The van der Waals surface area contributed by atoms with E-state index in [0.717, 1.165) is 37.4 Å². The van der Waals surface area contributed by atoms with Gasteiger partial charge in [0.1, 0.15) is 5.75 Å². The van der Waals surface area contributed by atoms with Crippen LogP contribution in [0.2, 0.25) is 0 Å². The first-order chi connectivity index (χ1) is 13.5. The van der Waals surface area contributed by atoms with Crippen molar-refractivity contribution in [2.75, 3.05) is 51.3 Å². The molecule has 2 aliphatic rings. The second-order valence-corrected chi connectivity index (χ2v) is 7.40. The molecule has 2 N–H and O–H groups in total. The van der Waals surface area contributed by atoms with Crippen molar-refractivity contribution in [3.8, 4) is 5.75 Å². The predicted molar refractivity (Wildman–Crippen MR) is 107 cm³/mol. The summed E-state index contributed by atoms with van der Waals surface area (Å²) in [7, 11) is 1.66. The minimum atomic E-state index is -0.803. The van der Waals surface area contributed by atoms with E-state index in [2.05, 4.69) is 16.3 Å². The van der Waals surface area contributed by atoms with E-state index in [4.69, 9.17) is 9.84 Å². The smallest absolute Gasteiger partial charge is 0.317 e. The van der Waals surface area contributed by atoms with Crippen LogP contribution in [-0.4, -0.2) is 85.4 Å². The zero-order chi connectivity index (χ0) is 20.1. The molecule has 154 valence electrons. The largest absolute Gasteiger partial charge is 0.497 e. The highest BCUT2D eigenvalue weighted by atomic mass is 16.5. The van der Waals surface area contributed by atoms with Crippen LogP contribution in [0.15, 0.2) is 24.3 Å². The number of likely N-dealkylation sites (N-methyl/N-ethyl adjacent to an activating group) is 1. The Hall–Kier alpha value is -2.48. The molecule has 1 heterocycles. The fraction of sp³-hybridized carbons (Fsp3) is 0.600. The quantitative estimate of drug-likeness (QED) is 0.733. The second-order valence-electron chi connectivity index (χ2n) is 7.40. The minimum Gasteiger partial charge on any atom is -0.497 e. The van der Waals surface area contributed by atoms with Gasteiger partial charge in [-0.15, -0.1) is 0 Å². The van der Waals surface area contributed by atoms with Crippen LogP contribution in [0.5, 0.6) is 5.75 Å². The first-order valence-corrected chi connectivity index (χ1v) is 9.90. The van der Waals surface area contributed by atoms with Gasteiger partial charge in [0.15, 0.2) is 0 Å². The number of amides is 2. The molecule has 1 aliphatic carbocycles. The van der Waals surface area contributed by atoms with Crippen molar-refractivity contribution in [2.24, 2.45) is 0 Å². The van der Waals surface area contributed by atoms with Gasteiger partial charge in [0, 0.05) is 50.0 Å². The number of nitrogens with zero attached hydrogens (tertiary/aromatic N) is 3. The van der Waals surface area contributed by atoms with Gasteiger partial charge in [-0.3, -0.25) is 9.69 Å². The molecule has 1 saturated heterocycles. The lowest BCUT2D eigenvalue weighted by molar-refractivity contribution is -0.139. The summed E-state index contributed by atoms with van der Waals surface area (Å²) in [6, 6.07) is 8.34. The molecule has 2 fully saturated rings. The maximum atomic E-state index is 12.5. The van der Waals surface area contributed by atoms with Crippen LogP contribution in [0.1, 0.15) is 19.8 Å². The number of carbonyl (C=O) groups excluding carboxylic acids is 1. The number of benzene rings is 1. The average Bonchev–Trinajstić information content (AvgIpc) is 2.68.